The minimum Gasteiger partial charge on any atom is -0.465 e. The molecule has 2 aromatic heterocycles. The molecule has 0 fully saturated rings. The van der Waals surface area contributed by atoms with Crippen molar-refractivity contribution in [3.8, 4) is 5.69 Å². The van der Waals surface area contributed by atoms with E-state index in [1.54, 1.807) is 29.8 Å². The zero-order valence-electron chi connectivity index (χ0n) is 18.0. The van der Waals surface area contributed by atoms with Crippen molar-refractivity contribution in [1.82, 2.24) is 25.5 Å². The number of methoxy groups -OCH3 is 1. The van der Waals surface area contributed by atoms with Gasteiger partial charge in [-0.2, -0.15) is 4.68 Å². The number of carbonyl (C=O) groups excluding carboxylic acids is 2. The zero-order valence-corrected chi connectivity index (χ0v) is 18.8. The fraction of sp³-hybridized carbons (Fsp3) is 0.174. The van der Waals surface area contributed by atoms with Crippen LogP contribution in [0.2, 0.25) is 0 Å². The molecule has 0 aliphatic carbocycles. The number of amides is 1. The van der Waals surface area contributed by atoms with E-state index < -0.39 is 5.97 Å². The van der Waals surface area contributed by atoms with E-state index >= 15 is 0 Å². The molecule has 0 spiro atoms. The third-order valence-corrected chi connectivity index (χ3v) is 5.89. The summed E-state index contributed by atoms with van der Waals surface area (Å²) < 4.78 is 12.0. The Kier molecular flexibility index (Phi) is 6.84. The predicted octanol–water partition coefficient (Wildman–Crippen LogP) is 3.57. The Hall–Kier alpha value is -3.92. The summed E-state index contributed by atoms with van der Waals surface area (Å²) in [5, 5.41) is 14.8. The van der Waals surface area contributed by atoms with Crippen LogP contribution in [0.5, 0.6) is 0 Å². The van der Waals surface area contributed by atoms with E-state index in [1.165, 1.54) is 18.9 Å². The van der Waals surface area contributed by atoms with Gasteiger partial charge >= 0.3 is 5.97 Å². The van der Waals surface area contributed by atoms with E-state index in [0.717, 1.165) is 10.6 Å². The Morgan fingerprint density at radius 3 is 2.64 bits per heavy atom. The second kappa shape index (κ2) is 10.1. The highest BCUT2D eigenvalue weighted by Crippen LogP contribution is 2.26. The van der Waals surface area contributed by atoms with Crippen LogP contribution < -0.4 is 5.32 Å². The molecule has 168 valence electrons. The Bertz CT molecular complexity index is 1270. The highest BCUT2D eigenvalue weighted by atomic mass is 32.2. The van der Waals surface area contributed by atoms with E-state index in [0.29, 0.717) is 34.2 Å². The summed E-state index contributed by atoms with van der Waals surface area (Å²) in [5.41, 5.74) is 1.73. The van der Waals surface area contributed by atoms with Crippen LogP contribution in [0.25, 0.3) is 5.69 Å². The molecule has 9 nitrogen and oxygen atoms in total. The van der Waals surface area contributed by atoms with E-state index in [-0.39, 0.29) is 12.5 Å². The molecule has 0 saturated carbocycles. The number of esters is 1. The molecule has 0 radical (unpaired) electrons. The summed E-state index contributed by atoms with van der Waals surface area (Å²) in [6, 6.07) is 18.5. The summed E-state index contributed by atoms with van der Waals surface area (Å²) >= 11 is 1.47. The molecule has 2 heterocycles. The molecule has 33 heavy (non-hydrogen) atoms. The first-order chi connectivity index (χ1) is 16.1. The summed E-state index contributed by atoms with van der Waals surface area (Å²) in [5.74, 6) is 1.32. The number of tetrazole rings is 1. The number of hydrogen-bond donors (Lipinski definition) is 1. The lowest BCUT2D eigenvalue weighted by molar-refractivity contribution is 0.0598. The van der Waals surface area contributed by atoms with Crippen molar-refractivity contribution in [2.75, 3.05) is 7.11 Å². The topological polar surface area (TPSA) is 112 Å². The lowest BCUT2D eigenvalue weighted by Gasteiger charge is -2.09. The van der Waals surface area contributed by atoms with Crippen molar-refractivity contribution < 1.29 is 18.7 Å². The molecular weight excluding hydrogens is 442 g/mol. The predicted molar refractivity (Wildman–Crippen MR) is 121 cm³/mol. The number of nitrogens with zero attached hydrogens (tertiary/aromatic N) is 4. The van der Waals surface area contributed by atoms with Crippen LogP contribution in [0.3, 0.4) is 0 Å². The Labute approximate surface area is 194 Å². The molecule has 4 rings (SSSR count). The fourth-order valence-electron chi connectivity index (χ4n) is 3.19. The monoisotopic (exact) mass is 463 g/mol. The van der Waals surface area contributed by atoms with Gasteiger partial charge in [-0.25, -0.2) is 4.79 Å². The van der Waals surface area contributed by atoms with Gasteiger partial charge in [-0.3, -0.25) is 4.79 Å². The molecule has 0 aliphatic heterocycles. The number of furan rings is 1. The number of aromatic nitrogens is 4. The van der Waals surface area contributed by atoms with Gasteiger partial charge in [0.25, 0.3) is 5.91 Å². The fourth-order valence-corrected chi connectivity index (χ4v) is 4.15. The molecule has 0 unspecified atom stereocenters. The molecule has 0 saturated heterocycles. The third kappa shape index (κ3) is 5.12. The van der Waals surface area contributed by atoms with Gasteiger partial charge in [-0.15, -0.1) is 16.9 Å². The molecule has 10 heteroatoms. The number of thioether (sulfide) groups is 1. The van der Waals surface area contributed by atoms with Crippen molar-refractivity contribution in [1.29, 1.82) is 0 Å². The maximum atomic E-state index is 12.9. The SMILES string of the molecule is COC(=O)c1cc(CNC(=O)c2ccccc2SCc2nnnn2-c2ccccc2)oc1C. The lowest BCUT2D eigenvalue weighted by Crippen LogP contribution is -2.23. The summed E-state index contributed by atoms with van der Waals surface area (Å²) in [6.45, 7) is 1.81. The first kappa shape index (κ1) is 22.3. The van der Waals surface area contributed by atoms with Gasteiger partial charge in [0.15, 0.2) is 5.82 Å². The number of hydrogen-bond acceptors (Lipinski definition) is 8. The highest BCUT2D eigenvalue weighted by Gasteiger charge is 2.17. The summed E-state index contributed by atoms with van der Waals surface area (Å²) in [6.07, 6.45) is 0. The van der Waals surface area contributed by atoms with Gasteiger partial charge in [-0.05, 0) is 47.7 Å². The molecule has 4 aromatic rings. The van der Waals surface area contributed by atoms with Crippen LogP contribution in [-0.2, 0) is 17.0 Å². The lowest BCUT2D eigenvalue weighted by atomic mass is 10.2. The standard InChI is InChI=1S/C23H21N5O4S/c1-15-19(23(30)31-2)12-17(32-15)13-24-22(29)18-10-6-7-11-20(18)33-14-21-25-26-27-28(21)16-8-4-3-5-9-16/h3-12H,13-14H2,1-2H3,(H,24,29). The first-order valence-electron chi connectivity index (χ1n) is 10.1. The van der Waals surface area contributed by atoms with Crippen LogP contribution in [0.15, 0.2) is 70.0 Å². The van der Waals surface area contributed by atoms with Gasteiger partial charge in [0, 0.05) is 4.90 Å². The maximum absolute atomic E-state index is 12.9. The van der Waals surface area contributed by atoms with Crippen LogP contribution in [0, 0.1) is 6.92 Å². The van der Waals surface area contributed by atoms with Gasteiger partial charge in [0.05, 0.1) is 30.7 Å². The molecule has 0 atom stereocenters. The Balaban J connectivity index is 1.43. The van der Waals surface area contributed by atoms with Gasteiger partial charge < -0.3 is 14.5 Å². The van der Waals surface area contributed by atoms with E-state index in [9.17, 15) is 9.59 Å². The number of aryl methyl sites for hydroxylation is 1. The van der Waals surface area contributed by atoms with Crippen molar-refractivity contribution >= 4 is 23.6 Å². The second-order valence-corrected chi connectivity index (χ2v) is 8.00. The van der Waals surface area contributed by atoms with Gasteiger partial charge in [-0.1, -0.05) is 30.3 Å². The zero-order chi connectivity index (χ0) is 23.2. The third-order valence-electron chi connectivity index (χ3n) is 4.82. The number of ether oxygens (including phenoxy) is 1. The first-order valence-corrected chi connectivity index (χ1v) is 11.1. The van der Waals surface area contributed by atoms with Crippen LogP contribution >= 0.6 is 11.8 Å². The van der Waals surface area contributed by atoms with Gasteiger partial charge in [0.1, 0.15) is 17.1 Å². The van der Waals surface area contributed by atoms with Crippen molar-refractivity contribution in [3.63, 3.8) is 0 Å². The minimum absolute atomic E-state index is 0.141. The largest absolute Gasteiger partial charge is 0.465 e. The second-order valence-electron chi connectivity index (χ2n) is 6.98. The van der Waals surface area contributed by atoms with Crippen LogP contribution in [0.1, 0.15) is 38.1 Å². The van der Waals surface area contributed by atoms with Crippen molar-refractivity contribution in [2.24, 2.45) is 0 Å². The normalized spacial score (nSPS) is 10.7. The average Bonchev–Trinajstić information content (AvgIpc) is 3.47. The quantitative estimate of drug-likeness (QED) is 0.312. The Morgan fingerprint density at radius 1 is 1.09 bits per heavy atom. The molecule has 1 N–H and O–H groups in total. The van der Waals surface area contributed by atoms with E-state index in [2.05, 4.69) is 20.8 Å². The number of benzene rings is 2. The summed E-state index contributed by atoms with van der Waals surface area (Å²) in [4.78, 5) is 25.4. The van der Waals surface area contributed by atoms with Gasteiger partial charge in [0.2, 0.25) is 0 Å². The number of nitrogens with one attached hydrogen (secondary N) is 1. The molecule has 0 aliphatic rings. The smallest absolute Gasteiger partial charge is 0.341 e. The highest BCUT2D eigenvalue weighted by molar-refractivity contribution is 7.98. The summed E-state index contributed by atoms with van der Waals surface area (Å²) in [7, 11) is 1.31. The number of carbonyl (C=O) groups is 2. The van der Waals surface area contributed by atoms with Crippen molar-refractivity contribution in [3.05, 3.63) is 89.1 Å². The van der Waals surface area contributed by atoms with E-state index in [4.69, 9.17) is 9.15 Å². The minimum atomic E-state index is -0.478. The molecule has 0 bridgehead atoms. The molecular formula is C23H21N5O4S. The number of para-hydroxylation sites is 1. The molecule has 2 aromatic carbocycles. The Morgan fingerprint density at radius 2 is 1.85 bits per heavy atom. The van der Waals surface area contributed by atoms with Crippen LogP contribution in [0.4, 0.5) is 0 Å². The maximum Gasteiger partial charge on any atom is 0.341 e. The average molecular weight is 464 g/mol. The van der Waals surface area contributed by atoms with Crippen molar-refractivity contribution in [2.45, 2.75) is 24.1 Å². The van der Waals surface area contributed by atoms with E-state index in [1.807, 2.05) is 42.5 Å². The molecule has 1 amide bonds. The number of rotatable bonds is 8. The van der Waals surface area contributed by atoms with Crippen LogP contribution in [-0.4, -0.2) is 39.2 Å².